The molecule has 2 N–H and O–H groups in total. The monoisotopic (exact) mass is 303 g/mol. The second kappa shape index (κ2) is 6.68. The van der Waals surface area contributed by atoms with Gasteiger partial charge in [0.05, 0.1) is 21.4 Å². The van der Waals surface area contributed by atoms with Crippen molar-refractivity contribution in [2.24, 2.45) is 0 Å². The van der Waals surface area contributed by atoms with E-state index in [1.807, 2.05) is 0 Å². The second-order valence-corrected chi connectivity index (χ2v) is 5.96. The van der Waals surface area contributed by atoms with Gasteiger partial charge in [0.2, 0.25) is 5.91 Å². The van der Waals surface area contributed by atoms with Gasteiger partial charge >= 0.3 is 5.97 Å². The quantitative estimate of drug-likeness (QED) is 0.866. The Morgan fingerprint density at radius 3 is 2.63 bits per heavy atom. The Morgan fingerprint density at radius 1 is 1.47 bits per heavy atom. The predicted molar refractivity (Wildman–Crippen MR) is 73.0 cm³/mol. The van der Waals surface area contributed by atoms with Crippen molar-refractivity contribution in [3.8, 4) is 0 Å². The molecule has 2 unspecified atom stereocenters. The summed E-state index contributed by atoms with van der Waals surface area (Å²) in [5.41, 5.74) is -0.129. The molecular formula is C12H14ClNO4S. The van der Waals surface area contributed by atoms with Crippen LogP contribution in [-0.4, -0.2) is 33.0 Å². The molecule has 0 saturated heterocycles. The molecule has 0 aliphatic heterocycles. The highest BCUT2D eigenvalue weighted by Gasteiger charge is 2.22. The fourth-order valence-corrected chi connectivity index (χ4v) is 2.73. The number of halogens is 1. The molecule has 5 nitrogen and oxygen atoms in total. The van der Waals surface area contributed by atoms with Crippen LogP contribution in [-0.2, 0) is 15.6 Å². The summed E-state index contributed by atoms with van der Waals surface area (Å²) in [6.07, 6.45) is 0. The molecule has 0 radical (unpaired) electrons. The lowest BCUT2D eigenvalue weighted by atomic mass is 10.2. The Labute approximate surface area is 118 Å². The summed E-state index contributed by atoms with van der Waals surface area (Å²) in [7, 11) is -1.63. The Morgan fingerprint density at radius 2 is 2.11 bits per heavy atom. The molecule has 1 aromatic rings. The molecule has 1 amide bonds. The van der Waals surface area contributed by atoms with Crippen LogP contribution >= 0.6 is 11.6 Å². The number of carboxylic acid groups (broad SMARTS) is 1. The Bertz CT molecular complexity index is 532. The Kier molecular flexibility index (Phi) is 5.50. The third-order valence-electron chi connectivity index (χ3n) is 2.44. The van der Waals surface area contributed by atoms with Crippen LogP contribution in [0.5, 0.6) is 0 Å². The summed E-state index contributed by atoms with van der Waals surface area (Å²) in [5, 5.41) is 10.8. The number of hydrogen-bond acceptors (Lipinski definition) is 3. The van der Waals surface area contributed by atoms with Crippen molar-refractivity contribution in [3.63, 3.8) is 0 Å². The summed E-state index contributed by atoms with van der Waals surface area (Å²) in [5.74, 6) is -1.54. The topological polar surface area (TPSA) is 83.5 Å². The van der Waals surface area contributed by atoms with Crippen molar-refractivity contribution >= 4 is 34.3 Å². The first-order valence-corrected chi connectivity index (χ1v) is 7.18. The first-order valence-electron chi connectivity index (χ1n) is 5.59. The molecule has 7 heteroatoms. The van der Waals surface area contributed by atoms with Crippen molar-refractivity contribution in [1.82, 2.24) is 5.32 Å². The lowest BCUT2D eigenvalue weighted by Crippen LogP contribution is -2.35. The molecule has 1 aromatic carbocycles. The number of benzene rings is 1. The molecule has 0 aromatic heterocycles. The van der Waals surface area contributed by atoms with Crippen molar-refractivity contribution < 1.29 is 18.9 Å². The third kappa shape index (κ3) is 3.78. The van der Waals surface area contributed by atoms with E-state index in [0.717, 1.165) is 0 Å². The first kappa shape index (κ1) is 15.7. The van der Waals surface area contributed by atoms with Gasteiger partial charge in [-0.1, -0.05) is 11.6 Å². The number of amides is 1. The summed E-state index contributed by atoms with van der Waals surface area (Å²) in [6, 6.07) is 4.06. The summed E-state index contributed by atoms with van der Waals surface area (Å²) >= 11 is 5.73. The van der Waals surface area contributed by atoms with Crippen LogP contribution in [0.25, 0.3) is 0 Å². The average Bonchev–Trinajstić information content (AvgIpc) is 2.37. The first-order chi connectivity index (χ1) is 8.88. The van der Waals surface area contributed by atoms with E-state index in [1.165, 1.54) is 25.1 Å². The van der Waals surface area contributed by atoms with Crippen LogP contribution in [0.2, 0.25) is 5.02 Å². The zero-order valence-electron chi connectivity index (χ0n) is 10.5. The lowest BCUT2D eigenvalue weighted by molar-refractivity contribution is -0.120. The molecule has 0 heterocycles. The SMILES string of the molecule is CCNC(=O)C(C)S(=O)c1ccc(Cl)c(C(=O)O)c1. The van der Waals surface area contributed by atoms with Crippen LogP contribution in [0.4, 0.5) is 0 Å². The minimum Gasteiger partial charge on any atom is -0.478 e. The summed E-state index contributed by atoms with van der Waals surface area (Å²) in [6.45, 7) is 3.73. The smallest absolute Gasteiger partial charge is 0.337 e. The largest absolute Gasteiger partial charge is 0.478 e. The highest BCUT2D eigenvalue weighted by Crippen LogP contribution is 2.21. The zero-order valence-corrected chi connectivity index (χ0v) is 12.0. The molecule has 0 aliphatic carbocycles. The van der Waals surface area contributed by atoms with Gasteiger partial charge in [0.15, 0.2) is 0 Å². The summed E-state index contributed by atoms with van der Waals surface area (Å²) in [4.78, 5) is 22.8. The van der Waals surface area contributed by atoms with Crippen molar-refractivity contribution in [2.75, 3.05) is 6.54 Å². The molecular weight excluding hydrogens is 290 g/mol. The molecule has 0 saturated carbocycles. The minimum absolute atomic E-state index is 0.0684. The van der Waals surface area contributed by atoms with Crippen LogP contribution in [0, 0.1) is 0 Å². The lowest BCUT2D eigenvalue weighted by Gasteiger charge is -2.11. The molecule has 1 rings (SSSR count). The molecule has 0 fully saturated rings. The van der Waals surface area contributed by atoms with Crippen molar-refractivity contribution in [2.45, 2.75) is 24.0 Å². The van der Waals surface area contributed by atoms with Gasteiger partial charge < -0.3 is 10.4 Å². The maximum Gasteiger partial charge on any atom is 0.337 e. The van der Waals surface area contributed by atoms with Gasteiger partial charge in [-0.2, -0.15) is 0 Å². The predicted octanol–water partition coefficient (Wildman–Crippen LogP) is 1.67. The second-order valence-electron chi connectivity index (χ2n) is 3.78. The van der Waals surface area contributed by atoms with Gasteiger partial charge in [0.25, 0.3) is 0 Å². The standard InChI is InChI=1S/C12H14ClNO4S/c1-3-14-11(15)7(2)19(18)8-4-5-10(13)9(6-8)12(16)17/h4-7H,3H2,1-2H3,(H,14,15)(H,16,17). The highest BCUT2D eigenvalue weighted by atomic mass is 35.5. The van der Waals surface area contributed by atoms with Crippen LogP contribution in [0.15, 0.2) is 23.1 Å². The maximum absolute atomic E-state index is 12.2. The molecule has 0 bridgehead atoms. The van der Waals surface area contributed by atoms with Gasteiger partial charge in [0.1, 0.15) is 5.25 Å². The number of carboxylic acids is 1. The Hall–Kier alpha value is -1.40. The number of carbonyl (C=O) groups is 2. The van der Waals surface area contributed by atoms with E-state index in [2.05, 4.69) is 5.32 Å². The van der Waals surface area contributed by atoms with E-state index in [0.29, 0.717) is 6.54 Å². The van der Waals surface area contributed by atoms with E-state index in [-0.39, 0.29) is 21.4 Å². The van der Waals surface area contributed by atoms with E-state index < -0.39 is 22.0 Å². The molecule has 104 valence electrons. The van der Waals surface area contributed by atoms with Crippen LogP contribution in [0.1, 0.15) is 24.2 Å². The minimum atomic E-state index is -1.63. The van der Waals surface area contributed by atoms with Gasteiger partial charge in [-0.25, -0.2) is 4.79 Å². The normalized spacial score (nSPS) is 13.6. The third-order valence-corrected chi connectivity index (χ3v) is 4.35. The average molecular weight is 304 g/mol. The van der Waals surface area contributed by atoms with Crippen molar-refractivity contribution in [1.29, 1.82) is 0 Å². The number of nitrogens with one attached hydrogen (secondary N) is 1. The van der Waals surface area contributed by atoms with E-state index >= 15 is 0 Å². The maximum atomic E-state index is 12.2. The fourth-order valence-electron chi connectivity index (χ4n) is 1.41. The fraction of sp³-hybridized carbons (Fsp3) is 0.333. The highest BCUT2D eigenvalue weighted by molar-refractivity contribution is 7.86. The Balaban J connectivity index is 3.03. The van der Waals surface area contributed by atoms with Gasteiger partial charge in [-0.05, 0) is 32.0 Å². The van der Waals surface area contributed by atoms with Gasteiger partial charge in [-0.3, -0.25) is 9.00 Å². The zero-order chi connectivity index (χ0) is 14.6. The summed E-state index contributed by atoms with van der Waals surface area (Å²) < 4.78 is 12.2. The van der Waals surface area contributed by atoms with Crippen molar-refractivity contribution in [3.05, 3.63) is 28.8 Å². The van der Waals surface area contributed by atoms with Crippen LogP contribution in [0.3, 0.4) is 0 Å². The number of aromatic carboxylic acids is 1. The molecule has 2 atom stereocenters. The van der Waals surface area contributed by atoms with Crippen LogP contribution < -0.4 is 5.32 Å². The van der Waals surface area contributed by atoms with E-state index in [4.69, 9.17) is 16.7 Å². The number of rotatable bonds is 5. The molecule has 19 heavy (non-hydrogen) atoms. The van der Waals surface area contributed by atoms with Gasteiger partial charge in [0, 0.05) is 11.4 Å². The van der Waals surface area contributed by atoms with Gasteiger partial charge in [-0.15, -0.1) is 0 Å². The molecule has 0 aliphatic rings. The van der Waals surface area contributed by atoms with E-state index in [9.17, 15) is 13.8 Å². The number of hydrogen-bond donors (Lipinski definition) is 2. The van der Waals surface area contributed by atoms with E-state index in [1.54, 1.807) is 6.92 Å². The number of carbonyl (C=O) groups excluding carboxylic acids is 1. The molecule has 0 spiro atoms.